The van der Waals surface area contributed by atoms with Gasteiger partial charge in [0.25, 0.3) is 0 Å². The Morgan fingerprint density at radius 2 is 1.81 bits per heavy atom. The van der Waals surface area contributed by atoms with Crippen molar-refractivity contribution in [2.75, 3.05) is 11.4 Å². The van der Waals surface area contributed by atoms with Gasteiger partial charge in [0.2, 0.25) is 5.56 Å². The number of nitrogens with zero attached hydrogens (tertiary/aromatic N) is 2. The predicted molar refractivity (Wildman–Crippen MR) is 101 cm³/mol. The van der Waals surface area contributed by atoms with Crippen LogP contribution in [0.5, 0.6) is 11.5 Å². The summed E-state index contributed by atoms with van der Waals surface area (Å²) in [6.07, 6.45) is 1.69. The number of aromatic nitrogens is 1. The van der Waals surface area contributed by atoms with Crippen LogP contribution >= 0.6 is 0 Å². The highest BCUT2D eigenvalue weighted by Gasteiger charge is 2.12. The van der Waals surface area contributed by atoms with Crippen molar-refractivity contribution in [3.8, 4) is 22.6 Å². The maximum atomic E-state index is 11.7. The Hall–Kier alpha value is -2.90. The summed E-state index contributed by atoms with van der Waals surface area (Å²) in [5.74, 6) is 1.22. The number of pyridine rings is 1. The van der Waals surface area contributed by atoms with E-state index in [2.05, 4.69) is 0 Å². The van der Waals surface area contributed by atoms with Gasteiger partial charge in [0.05, 0.1) is 0 Å². The molecule has 0 radical (unpaired) electrons. The van der Waals surface area contributed by atoms with E-state index in [1.54, 1.807) is 37.5 Å². The number of para-hydroxylation sites is 1. The summed E-state index contributed by atoms with van der Waals surface area (Å²) in [4.78, 5) is 11.7. The fourth-order valence-electron chi connectivity index (χ4n) is 2.48. The SMILES string of the molecule is CN(c1ccc(Oc2ccccc2)c(-c2ccc(=O)n(C)c2)c1)S(=O)[O-]. The first-order valence-electron chi connectivity index (χ1n) is 7.83. The fourth-order valence-corrected chi connectivity index (χ4v) is 2.77. The number of anilines is 1. The molecule has 0 N–H and O–H groups in total. The Morgan fingerprint density at radius 1 is 1.08 bits per heavy atom. The molecule has 0 saturated heterocycles. The minimum absolute atomic E-state index is 0.131. The van der Waals surface area contributed by atoms with E-state index < -0.39 is 11.3 Å². The van der Waals surface area contributed by atoms with E-state index in [1.165, 1.54) is 17.7 Å². The molecule has 3 aromatic rings. The van der Waals surface area contributed by atoms with E-state index in [4.69, 9.17) is 4.74 Å². The van der Waals surface area contributed by atoms with Crippen LogP contribution in [0.25, 0.3) is 11.1 Å². The van der Waals surface area contributed by atoms with Gasteiger partial charge in [-0.25, -0.2) is 0 Å². The van der Waals surface area contributed by atoms with Crippen molar-refractivity contribution in [3.05, 3.63) is 77.2 Å². The van der Waals surface area contributed by atoms with Gasteiger partial charge >= 0.3 is 0 Å². The smallest absolute Gasteiger partial charge is 0.250 e. The van der Waals surface area contributed by atoms with Crippen LogP contribution in [0.2, 0.25) is 0 Å². The van der Waals surface area contributed by atoms with Gasteiger partial charge in [0.15, 0.2) is 0 Å². The molecule has 2 aromatic carbocycles. The molecule has 0 saturated carbocycles. The number of ether oxygens (including phenoxy) is 1. The molecule has 0 aliphatic rings. The summed E-state index contributed by atoms with van der Waals surface area (Å²) in [7, 11) is 3.12. The third kappa shape index (κ3) is 3.84. The van der Waals surface area contributed by atoms with E-state index in [1.807, 2.05) is 30.3 Å². The molecule has 0 fully saturated rings. The average Bonchev–Trinajstić information content (AvgIpc) is 2.64. The Bertz CT molecular complexity index is 1000. The maximum Gasteiger partial charge on any atom is 0.250 e. The number of rotatable bonds is 5. The molecule has 26 heavy (non-hydrogen) atoms. The van der Waals surface area contributed by atoms with Crippen molar-refractivity contribution in [1.82, 2.24) is 4.57 Å². The molecule has 3 rings (SSSR count). The quantitative estimate of drug-likeness (QED) is 0.648. The zero-order valence-corrected chi connectivity index (χ0v) is 15.1. The summed E-state index contributed by atoms with van der Waals surface area (Å²) in [6.45, 7) is 0. The van der Waals surface area contributed by atoms with Crippen LogP contribution < -0.4 is 14.6 Å². The monoisotopic (exact) mass is 369 g/mol. The highest BCUT2D eigenvalue weighted by molar-refractivity contribution is 7.80. The van der Waals surface area contributed by atoms with Gasteiger partial charge in [-0.3, -0.25) is 9.00 Å². The zero-order chi connectivity index (χ0) is 18.7. The molecule has 0 aliphatic carbocycles. The molecule has 0 bridgehead atoms. The molecule has 0 spiro atoms. The van der Waals surface area contributed by atoms with Gasteiger partial charge in [-0.2, -0.15) is 0 Å². The second kappa shape index (κ2) is 7.55. The Labute approximate surface area is 153 Å². The lowest BCUT2D eigenvalue weighted by atomic mass is 10.1. The average molecular weight is 369 g/mol. The third-order valence-corrected chi connectivity index (χ3v) is 4.58. The second-order valence-electron chi connectivity index (χ2n) is 5.68. The summed E-state index contributed by atoms with van der Waals surface area (Å²) in [5, 5.41) is 0. The Morgan fingerprint density at radius 3 is 2.46 bits per heavy atom. The Balaban J connectivity index is 2.12. The van der Waals surface area contributed by atoms with Gasteiger partial charge in [-0.05, 0) is 36.4 Å². The van der Waals surface area contributed by atoms with Gasteiger partial charge in [-0.1, -0.05) is 18.2 Å². The van der Waals surface area contributed by atoms with Crippen LogP contribution in [-0.2, 0) is 18.3 Å². The molecular weight excluding hydrogens is 352 g/mol. The van der Waals surface area contributed by atoms with Crippen molar-refractivity contribution in [2.45, 2.75) is 0 Å². The third-order valence-electron chi connectivity index (χ3n) is 3.92. The first kappa shape index (κ1) is 17.9. The lowest BCUT2D eigenvalue weighted by Crippen LogP contribution is -2.19. The highest BCUT2D eigenvalue weighted by Crippen LogP contribution is 2.36. The molecule has 134 valence electrons. The molecule has 1 aromatic heterocycles. The molecule has 1 unspecified atom stereocenters. The molecule has 6 nitrogen and oxygen atoms in total. The highest BCUT2D eigenvalue weighted by atomic mass is 32.2. The molecule has 0 aliphatic heterocycles. The largest absolute Gasteiger partial charge is 0.755 e. The minimum Gasteiger partial charge on any atom is -0.755 e. The summed E-state index contributed by atoms with van der Waals surface area (Å²) >= 11 is -2.39. The topological polar surface area (TPSA) is 74.6 Å². The second-order valence-corrected chi connectivity index (χ2v) is 6.66. The van der Waals surface area contributed by atoms with E-state index in [0.29, 0.717) is 22.7 Å². The maximum absolute atomic E-state index is 11.7. The number of hydrogen-bond acceptors (Lipinski definition) is 4. The van der Waals surface area contributed by atoms with Crippen LogP contribution in [0.1, 0.15) is 0 Å². The standard InChI is InChI=1S/C19H18N2O4S/c1-20-13-14(8-11-19(20)22)17-12-15(21(2)26(23)24)9-10-18(17)25-16-6-4-3-5-7-16/h3-13H,1-2H3,(H,23,24)/p-1. The van der Waals surface area contributed by atoms with Gasteiger partial charge in [0.1, 0.15) is 11.5 Å². The van der Waals surface area contributed by atoms with E-state index in [9.17, 15) is 13.6 Å². The van der Waals surface area contributed by atoms with Crippen LogP contribution in [0.3, 0.4) is 0 Å². The summed E-state index contributed by atoms with van der Waals surface area (Å²) in [6, 6.07) is 17.5. The lowest BCUT2D eigenvalue weighted by molar-refractivity contribution is 0.484. The molecule has 7 heteroatoms. The number of benzene rings is 2. The van der Waals surface area contributed by atoms with Gasteiger partial charge in [-0.15, -0.1) is 0 Å². The molecule has 1 atom stereocenters. The van der Waals surface area contributed by atoms with E-state index >= 15 is 0 Å². The van der Waals surface area contributed by atoms with E-state index in [0.717, 1.165) is 9.87 Å². The van der Waals surface area contributed by atoms with Crippen molar-refractivity contribution >= 4 is 17.0 Å². The van der Waals surface area contributed by atoms with Crippen LogP contribution in [0.4, 0.5) is 5.69 Å². The number of hydrogen-bond donors (Lipinski definition) is 0. The molecule has 1 heterocycles. The lowest BCUT2D eigenvalue weighted by Gasteiger charge is -2.23. The molecular formula is C19H17N2O4S-. The summed E-state index contributed by atoms with van der Waals surface area (Å²) in [5.41, 5.74) is 1.78. The van der Waals surface area contributed by atoms with Crippen molar-refractivity contribution < 1.29 is 13.5 Å². The van der Waals surface area contributed by atoms with Crippen LogP contribution in [-0.4, -0.2) is 20.4 Å². The van der Waals surface area contributed by atoms with Crippen LogP contribution in [0, 0.1) is 0 Å². The van der Waals surface area contributed by atoms with Gasteiger partial charge < -0.3 is 18.2 Å². The van der Waals surface area contributed by atoms with Gasteiger partial charge in [0, 0.05) is 54.4 Å². The minimum atomic E-state index is -2.39. The normalized spacial score (nSPS) is 11.8. The van der Waals surface area contributed by atoms with Crippen molar-refractivity contribution in [3.63, 3.8) is 0 Å². The fraction of sp³-hybridized carbons (Fsp3) is 0.105. The molecule has 0 amide bonds. The van der Waals surface area contributed by atoms with Crippen molar-refractivity contribution in [1.29, 1.82) is 0 Å². The van der Waals surface area contributed by atoms with Crippen molar-refractivity contribution in [2.24, 2.45) is 7.05 Å². The first-order chi connectivity index (χ1) is 12.5. The van der Waals surface area contributed by atoms with Crippen LogP contribution in [0.15, 0.2) is 71.7 Å². The Kier molecular flexibility index (Phi) is 5.20. The predicted octanol–water partition coefficient (Wildman–Crippen LogP) is 3.07. The number of aryl methyl sites for hydroxylation is 1. The van der Waals surface area contributed by atoms with E-state index in [-0.39, 0.29) is 5.56 Å². The summed E-state index contributed by atoms with van der Waals surface area (Å²) < 4.78 is 31.1. The zero-order valence-electron chi connectivity index (χ0n) is 14.3. The first-order valence-corrected chi connectivity index (χ1v) is 8.86.